The molecule has 0 radical (unpaired) electrons. The fraction of sp³-hybridized carbons (Fsp3) is 0.143. The van der Waals surface area contributed by atoms with Crippen molar-refractivity contribution in [1.82, 2.24) is 0 Å². The number of aryl methyl sites for hydroxylation is 1. The standard InChI is InChI=1S/C21H22N2O3S/c1-16-5-7-17(8-6-16)15-26-20-4-2-3-18(13-20)14-23-19-9-11-21(12-10-19)27(22,24)25/h2-13,23H,14-15H2,1H3,(H2,22,24,25). The SMILES string of the molecule is Cc1ccc(COc2cccc(CNc3ccc(S(N)(=O)=O)cc3)c2)cc1. The molecule has 0 aliphatic rings. The van der Waals surface area contributed by atoms with Gasteiger partial charge in [0.05, 0.1) is 4.90 Å². The average molecular weight is 382 g/mol. The second-order valence-corrected chi connectivity index (χ2v) is 7.91. The van der Waals surface area contributed by atoms with Crippen molar-refractivity contribution >= 4 is 15.7 Å². The van der Waals surface area contributed by atoms with Gasteiger partial charge in [-0.3, -0.25) is 0 Å². The first-order valence-corrected chi connectivity index (χ1v) is 10.1. The van der Waals surface area contributed by atoms with E-state index in [9.17, 15) is 8.42 Å². The lowest BCUT2D eigenvalue weighted by Crippen LogP contribution is -2.12. The molecule has 3 aromatic carbocycles. The molecule has 3 rings (SSSR count). The van der Waals surface area contributed by atoms with Crippen LogP contribution in [0.1, 0.15) is 16.7 Å². The lowest BCUT2D eigenvalue weighted by Gasteiger charge is -2.10. The Balaban J connectivity index is 1.58. The summed E-state index contributed by atoms with van der Waals surface area (Å²) in [6.45, 7) is 3.17. The van der Waals surface area contributed by atoms with Crippen molar-refractivity contribution in [2.75, 3.05) is 5.32 Å². The highest BCUT2D eigenvalue weighted by Crippen LogP contribution is 2.18. The van der Waals surface area contributed by atoms with Crippen LogP contribution in [0.25, 0.3) is 0 Å². The molecule has 140 valence electrons. The molecule has 0 aromatic heterocycles. The summed E-state index contributed by atoms with van der Waals surface area (Å²) in [6.07, 6.45) is 0. The molecule has 0 spiro atoms. The molecule has 3 N–H and O–H groups in total. The number of rotatable bonds is 7. The molecule has 0 aliphatic carbocycles. The van der Waals surface area contributed by atoms with E-state index in [4.69, 9.17) is 9.88 Å². The molecule has 5 nitrogen and oxygen atoms in total. The monoisotopic (exact) mass is 382 g/mol. The number of ether oxygens (including phenoxy) is 1. The topological polar surface area (TPSA) is 81.4 Å². The average Bonchev–Trinajstić information content (AvgIpc) is 2.66. The van der Waals surface area contributed by atoms with Gasteiger partial charge in [-0.25, -0.2) is 13.6 Å². The molecule has 0 amide bonds. The molecule has 0 saturated heterocycles. The predicted molar refractivity (Wildman–Crippen MR) is 107 cm³/mol. The Hall–Kier alpha value is -2.83. The quantitative estimate of drug-likeness (QED) is 0.651. The van der Waals surface area contributed by atoms with Gasteiger partial charge in [0.15, 0.2) is 0 Å². The van der Waals surface area contributed by atoms with Crippen molar-refractivity contribution in [2.24, 2.45) is 5.14 Å². The van der Waals surface area contributed by atoms with Gasteiger partial charge in [0.2, 0.25) is 10.0 Å². The Kier molecular flexibility index (Phi) is 5.78. The van der Waals surface area contributed by atoms with Crippen LogP contribution in [0, 0.1) is 6.92 Å². The maximum atomic E-state index is 11.3. The van der Waals surface area contributed by atoms with Crippen molar-refractivity contribution in [3.05, 3.63) is 89.5 Å². The van der Waals surface area contributed by atoms with Gasteiger partial charge in [-0.15, -0.1) is 0 Å². The normalized spacial score (nSPS) is 11.2. The highest BCUT2D eigenvalue weighted by molar-refractivity contribution is 7.89. The van der Waals surface area contributed by atoms with Gasteiger partial charge in [-0.05, 0) is 54.4 Å². The van der Waals surface area contributed by atoms with Crippen LogP contribution >= 0.6 is 0 Å². The number of benzene rings is 3. The molecule has 0 aliphatic heterocycles. The van der Waals surface area contributed by atoms with Crippen molar-refractivity contribution < 1.29 is 13.2 Å². The summed E-state index contributed by atoms with van der Waals surface area (Å²) in [6, 6.07) is 22.5. The summed E-state index contributed by atoms with van der Waals surface area (Å²) in [4.78, 5) is 0.0968. The van der Waals surface area contributed by atoms with Crippen LogP contribution in [0.4, 0.5) is 5.69 Å². The number of nitrogens with two attached hydrogens (primary N) is 1. The molecule has 0 bridgehead atoms. The van der Waals surface area contributed by atoms with Gasteiger partial charge in [-0.2, -0.15) is 0 Å². The first-order valence-electron chi connectivity index (χ1n) is 8.54. The van der Waals surface area contributed by atoms with E-state index < -0.39 is 10.0 Å². The van der Waals surface area contributed by atoms with Crippen molar-refractivity contribution in [3.63, 3.8) is 0 Å². The third kappa shape index (κ3) is 5.57. The van der Waals surface area contributed by atoms with Gasteiger partial charge >= 0.3 is 0 Å². The largest absolute Gasteiger partial charge is 0.489 e. The minimum absolute atomic E-state index is 0.0968. The van der Waals surface area contributed by atoms with Crippen LogP contribution in [0.5, 0.6) is 5.75 Å². The highest BCUT2D eigenvalue weighted by Gasteiger charge is 2.06. The first kappa shape index (κ1) is 18.9. The van der Waals surface area contributed by atoms with Crippen molar-refractivity contribution in [3.8, 4) is 5.75 Å². The fourth-order valence-electron chi connectivity index (χ4n) is 2.56. The number of primary sulfonamides is 1. The van der Waals surface area contributed by atoms with Crippen molar-refractivity contribution in [1.29, 1.82) is 0 Å². The smallest absolute Gasteiger partial charge is 0.238 e. The minimum atomic E-state index is -3.67. The van der Waals surface area contributed by atoms with Gasteiger partial charge in [0.1, 0.15) is 12.4 Å². The Labute approximate surface area is 159 Å². The summed E-state index contributed by atoms with van der Waals surface area (Å²) in [5.41, 5.74) is 4.23. The van der Waals surface area contributed by atoms with Crippen LogP contribution < -0.4 is 15.2 Å². The zero-order chi connectivity index (χ0) is 19.3. The number of nitrogens with one attached hydrogen (secondary N) is 1. The third-order valence-electron chi connectivity index (χ3n) is 4.10. The van der Waals surface area contributed by atoms with E-state index in [0.29, 0.717) is 13.2 Å². The van der Waals surface area contributed by atoms with E-state index in [2.05, 4.69) is 36.5 Å². The number of hydrogen-bond donors (Lipinski definition) is 2. The zero-order valence-electron chi connectivity index (χ0n) is 15.1. The summed E-state index contributed by atoms with van der Waals surface area (Å²) in [7, 11) is -3.67. The first-order chi connectivity index (χ1) is 12.9. The molecule has 27 heavy (non-hydrogen) atoms. The third-order valence-corrected chi connectivity index (χ3v) is 5.03. The Morgan fingerprint density at radius 1 is 0.926 bits per heavy atom. The van der Waals surface area contributed by atoms with Crippen LogP contribution in [0.2, 0.25) is 0 Å². The van der Waals surface area contributed by atoms with E-state index in [1.165, 1.54) is 17.7 Å². The molecular weight excluding hydrogens is 360 g/mol. The number of hydrogen-bond acceptors (Lipinski definition) is 4. The van der Waals surface area contributed by atoms with Gasteiger partial charge in [0.25, 0.3) is 0 Å². The highest BCUT2D eigenvalue weighted by atomic mass is 32.2. The molecule has 0 heterocycles. The molecule has 0 fully saturated rings. The van der Waals surface area contributed by atoms with E-state index in [1.807, 2.05) is 24.3 Å². The van der Waals surface area contributed by atoms with E-state index in [-0.39, 0.29) is 4.90 Å². The number of anilines is 1. The minimum Gasteiger partial charge on any atom is -0.489 e. The van der Waals surface area contributed by atoms with E-state index >= 15 is 0 Å². The number of sulfonamides is 1. The molecule has 0 unspecified atom stereocenters. The molecule has 6 heteroatoms. The summed E-state index contributed by atoms with van der Waals surface area (Å²) in [5, 5.41) is 8.36. The second-order valence-electron chi connectivity index (χ2n) is 6.34. The van der Waals surface area contributed by atoms with Crippen LogP contribution in [-0.4, -0.2) is 8.42 Å². The van der Waals surface area contributed by atoms with E-state index in [0.717, 1.165) is 22.6 Å². The maximum absolute atomic E-state index is 11.3. The lowest BCUT2D eigenvalue weighted by atomic mass is 10.1. The molecule has 0 saturated carbocycles. The molecule has 0 atom stereocenters. The Morgan fingerprint density at radius 2 is 1.63 bits per heavy atom. The van der Waals surface area contributed by atoms with E-state index in [1.54, 1.807) is 12.1 Å². The Bertz CT molecular complexity index is 998. The maximum Gasteiger partial charge on any atom is 0.238 e. The van der Waals surface area contributed by atoms with Crippen LogP contribution in [0.15, 0.2) is 77.7 Å². The second kappa shape index (κ2) is 8.24. The Morgan fingerprint density at radius 3 is 2.30 bits per heavy atom. The fourth-order valence-corrected chi connectivity index (χ4v) is 3.08. The van der Waals surface area contributed by atoms with Crippen LogP contribution in [0.3, 0.4) is 0 Å². The summed E-state index contributed by atoms with van der Waals surface area (Å²) < 4.78 is 28.4. The van der Waals surface area contributed by atoms with Gasteiger partial charge < -0.3 is 10.1 Å². The predicted octanol–water partition coefficient (Wildman–Crippen LogP) is 3.83. The zero-order valence-corrected chi connectivity index (χ0v) is 15.9. The molecule has 3 aromatic rings. The molecular formula is C21H22N2O3S. The van der Waals surface area contributed by atoms with Gasteiger partial charge in [0, 0.05) is 12.2 Å². The van der Waals surface area contributed by atoms with Gasteiger partial charge in [-0.1, -0.05) is 42.0 Å². The summed E-state index contributed by atoms with van der Waals surface area (Å²) >= 11 is 0. The van der Waals surface area contributed by atoms with Crippen molar-refractivity contribution in [2.45, 2.75) is 25.0 Å². The van der Waals surface area contributed by atoms with Crippen LogP contribution in [-0.2, 0) is 23.2 Å². The summed E-state index contributed by atoms with van der Waals surface area (Å²) in [5.74, 6) is 0.805. The lowest BCUT2D eigenvalue weighted by molar-refractivity contribution is 0.306.